The fourth-order valence-electron chi connectivity index (χ4n) is 2.16. The van der Waals surface area contributed by atoms with Crippen molar-refractivity contribution in [1.82, 2.24) is 10.3 Å². The lowest BCUT2D eigenvalue weighted by Crippen LogP contribution is -2.47. The minimum Gasteiger partial charge on any atom is -0.359 e. The average Bonchev–Trinajstić information content (AvgIpc) is 2.57. The van der Waals surface area contributed by atoms with E-state index in [1.54, 1.807) is 6.92 Å². The summed E-state index contributed by atoms with van der Waals surface area (Å²) in [5.41, 5.74) is -0.502. The Morgan fingerprint density at radius 2 is 1.79 bits per heavy atom. The van der Waals surface area contributed by atoms with Crippen molar-refractivity contribution in [3.8, 4) is 0 Å². The Bertz CT molecular complexity index is 958. The molecule has 0 aliphatic heterocycles. The van der Waals surface area contributed by atoms with Gasteiger partial charge in [0.25, 0.3) is 10.0 Å². The van der Waals surface area contributed by atoms with E-state index in [1.165, 1.54) is 12.1 Å². The minimum atomic E-state index is -4.04. The van der Waals surface area contributed by atoms with Crippen LogP contribution in [0.2, 0.25) is 0 Å². The molecule has 1 heterocycles. The zero-order valence-electron chi connectivity index (χ0n) is 15.9. The minimum absolute atomic E-state index is 0.117. The molecule has 1 aromatic heterocycles. The largest absolute Gasteiger partial charge is 0.359 e. The quantitative estimate of drug-likeness (QED) is 0.677. The SMILES string of the molecule is CC(Nc1ccc(S(=O)(=O)Nc2ccc(F)c(F)c2)cn1)C(=O)NC(C)(C)C. The molecule has 1 aromatic carbocycles. The smallest absolute Gasteiger partial charge is 0.263 e. The molecule has 1 amide bonds. The van der Waals surface area contributed by atoms with Crippen LogP contribution in [0.25, 0.3) is 0 Å². The van der Waals surface area contributed by atoms with Crippen molar-refractivity contribution in [2.24, 2.45) is 0 Å². The summed E-state index contributed by atoms with van der Waals surface area (Å²) in [6, 6.07) is 4.77. The van der Waals surface area contributed by atoms with Crippen LogP contribution < -0.4 is 15.4 Å². The molecular formula is C18H22F2N4O3S. The fourth-order valence-corrected chi connectivity index (χ4v) is 3.16. The first kappa shape index (κ1) is 21.5. The van der Waals surface area contributed by atoms with Gasteiger partial charge in [-0.3, -0.25) is 9.52 Å². The highest BCUT2D eigenvalue weighted by Gasteiger charge is 2.20. The van der Waals surface area contributed by atoms with Crippen LogP contribution in [0.15, 0.2) is 41.4 Å². The molecule has 28 heavy (non-hydrogen) atoms. The van der Waals surface area contributed by atoms with Crippen molar-refractivity contribution >= 4 is 27.4 Å². The number of nitrogens with one attached hydrogen (secondary N) is 3. The maximum atomic E-state index is 13.2. The summed E-state index contributed by atoms with van der Waals surface area (Å²) in [6.45, 7) is 7.22. The lowest BCUT2D eigenvalue weighted by Gasteiger charge is -2.23. The second-order valence-electron chi connectivity index (χ2n) is 7.22. The van der Waals surface area contributed by atoms with Gasteiger partial charge in [-0.05, 0) is 52.0 Å². The van der Waals surface area contributed by atoms with Crippen LogP contribution in [0.1, 0.15) is 27.7 Å². The van der Waals surface area contributed by atoms with E-state index in [1.807, 2.05) is 20.8 Å². The number of sulfonamides is 1. The number of halogens is 2. The van der Waals surface area contributed by atoms with E-state index in [9.17, 15) is 22.0 Å². The number of amides is 1. The Hall–Kier alpha value is -2.75. The molecular weight excluding hydrogens is 390 g/mol. The molecule has 7 nitrogen and oxygen atoms in total. The van der Waals surface area contributed by atoms with Gasteiger partial charge in [-0.25, -0.2) is 22.2 Å². The predicted molar refractivity (Wildman–Crippen MR) is 102 cm³/mol. The van der Waals surface area contributed by atoms with Gasteiger partial charge in [-0.1, -0.05) is 0 Å². The van der Waals surface area contributed by atoms with Crippen LogP contribution in [-0.2, 0) is 14.8 Å². The number of rotatable bonds is 6. The highest BCUT2D eigenvalue weighted by molar-refractivity contribution is 7.92. The fraction of sp³-hybridized carbons (Fsp3) is 0.333. The molecule has 10 heteroatoms. The molecule has 1 unspecified atom stereocenters. The van der Waals surface area contributed by atoms with Crippen molar-refractivity contribution in [3.63, 3.8) is 0 Å². The molecule has 1 atom stereocenters. The average molecular weight is 412 g/mol. The van der Waals surface area contributed by atoms with Crippen LogP contribution in [0.5, 0.6) is 0 Å². The first-order chi connectivity index (χ1) is 12.9. The van der Waals surface area contributed by atoms with Gasteiger partial charge in [0.1, 0.15) is 16.8 Å². The number of benzene rings is 1. The number of aromatic nitrogens is 1. The molecule has 0 spiro atoms. The monoisotopic (exact) mass is 412 g/mol. The number of pyridine rings is 1. The molecule has 3 N–H and O–H groups in total. The molecule has 0 radical (unpaired) electrons. The summed E-state index contributed by atoms with van der Waals surface area (Å²) < 4.78 is 53.0. The summed E-state index contributed by atoms with van der Waals surface area (Å²) in [6.07, 6.45) is 1.10. The third kappa shape index (κ3) is 5.88. The second kappa shape index (κ2) is 8.09. The van der Waals surface area contributed by atoms with Crippen molar-refractivity contribution < 1.29 is 22.0 Å². The zero-order valence-corrected chi connectivity index (χ0v) is 16.7. The Labute approximate surface area is 162 Å². The van der Waals surface area contributed by atoms with Gasteiger partial charge in [0, 0.05) is 17.8 Å². The lowest BCUT2D eigenvalue weighted by atomic mass is 10.1. The lowest BCUT2D eigenvalue weighted by molar-refractivity contribution is -0.122. The van der Waals surface area contributed by atoms with Crippen molar-refractivity contribution in [1.29, 1.82) is 0 Å². The second-order valence-corrected chi connectivity index (χ2v) is 8.90. The normalized spacial score (nSPS) is 12.9. The number of nitrogens with zero attached hydrogens (tertiary/aromatic N) is 1. The third-order valence-electron chi connectivity index (χ3n) is 3.47. The van der Waals surface area contributed by atoms with Crippen molar-refractivity contribution in [2.75, 3.05) is 10.0 Å². The summed E-state index contributed by atoms with van der Waals surface area (Å²) >= 11 is 0. The van der Waals surface area contributed by atoms with E-state index in [0.29, 0.717) is 5.82 Å². The topological polar surface area (TPSA) is 100 Å². The van der Waals surface area contributed by atoms with Crippen molar-refractivity contribution in [2.45, 2.75) is 44.2 Å². The first-order valence-corrected chi connectivity index (χ1v) is 9.88. The van der Waals surface area contributed by atoms with Gasteiger partial charge in [0.2, 0.25) is 5.91 Å². The first-order valence-electron chi connectivity index (χ1n) is 8.40. The molecule has 0 aliphatic carbocycles. The van der Waals surface area contributed by atoms with Crippen LogP contribution in [-0.4, -0.2) is 30.9 Å². The summed E-state index contributed by atoms with van der Waals surface area (Å²) in [5.74, 6) is -2.17. The molecule has 152 valence electrons. The Balaban J connectivity index is 2.08. The van der Waals surface area contributed by atoms with E-state index in [0.717, 1.165) is 24.4 Å². The molecule has 0 aliphatic rings. The molecule has 2 rings (SSSR count). The Morgan fingerprint density at radius 1 is 1.11 bits per heavy atom. The Morgan fingerprint density at radius 3 is 2.32 bits per heavy atom. The summed E-state index contributed by atoms with van der Waals surface area (Å²) in [4.78, 5) is 15.9. The van der Waals surface area contributed by atoms with Gasteiger partial charge in [-0.2, -0.15) is 0 Å². The molecule has 0 fully saturated rings. The van der Waals surface area contributed by atoms with Crippen LogP contribution in [0.4, 0.5) is 20.3 Å². The molecule has 0 saturated carbocycles. The number of hydrogen-bond acceptors (Lipinski definition) is 5. The van der Waals surface area contributed by atoms with Crippen LogP contribution in [0.3, 0.4) is 0 Å². The predicted octanol–water partition coefficient (Wildman–Crippen LogP) is 2.88. The maximum Gasteiger partial charge on any atom is 0.263 e. The molecule has 2 aromatic rings. The molecule has 0 bridgehead atoms. The zero-order chi connectivity index (χ0) is 21.1. The number of carbonyl (C=O) groups excluding carboxylic acids is 1. The van der Waals surface area contributed by atoms with Crippen LogP contribution >= 0.6 is 0 Å². The number of hydrogen-bond donors (Lipinski definition) is 3. The third-order valence-corrected chi connectivity index (χ3v) is 4.84. The standard InChI is InChI=1S/C18H22F2N4O3S/c1-11(17(25)23-18(2,3)4)22-16-8-6-13(10-21-16)28(26,27)24-12-5-7-14(19)15(20)9-12/h5-11,24H,1-4H3,(H,21,22)(H,23,25). The molecule has 0 saturated heterocycles. The highest BCUT2D eigenvalue weighted by Crippen LogP contribution is 2.19. The van der Waals surface area contributed by atoms with Gasteiger partial charge < -0.3 is 10.6 Å². The van der Waals surface area contributed by atoms with E-state index < -0.39 is 27.7 Å². The van der Waals surface area contributed by atoms with Crippen LogP contribution in [0, 0.1) is 11.6 Å². The summed E-state index contributed by atoms with van der Waals surface area (Å²) in [7, 11) is -4.04. The summed E-state index contributed by atoms with van der Waals surface area (Å²) in [5, 5.41) is 5.69. The van der Waals surface area contributed by atoms with Gasteiger partial charge >= 0.3 is 0 Å². The highest BCUT2D eigenvalue weighted by atomic mass is 32.2. The van der Waals surface area contributed by atoms with Gasteiger partial charge in [0.05, 0.1) is 5.69 Å². The van der Waals surface area contributed by atoms with E-state index in [4.69, 9.17) is 0 Å². The van der Waals surface area contributed by atoms with Crippen molar-refractivity contribution in [3.05, 3.63) is 48.2 Å². The van der Waals surface area contributed by atoms with E-state index in [-0.39, 0.29) is 22.0 Å². The Kier molecular flexibility index (Phi) is 6.23. The van der Waals surface area contributed by atoms with E-state index in [2.05, 4.69) is 20.3 Å². The van der Waals surface area contributed by atoms with Gasteiger partial charge in [0.15, 0.2) is 11.6 Å². The number of anilines is 2. The number of carbonyl (C=O) groups is 1. The maximum absolute atomic E-state index is 13.2. The van der Waals surface area contributed by atoms with E-state index >= 15 is 0 Å². The van der Waals surface area contributed by atoms with Gasteiger partial charge in [-0.15, -0.1) is 0 Å².